The number of amides is 2. The summed E-state index contributed by atoms with van der Waals surface area (Å²) < 4.78 is 5.16. The van der Waals surface area contributed by atoms with Crippen molar-refractivity contribution in [1.29, 1.82) is 0 Å². The molecule has 1 aromatic rings. The minimum Gasteiger partial charge on any atom is -0.480 e. The molecule has 0 aliphatic carbocycles. The van der Waals surface area contributed by atoms with Crippen molar-refractivity contribution >= 4 is 29.7 Å². The number of carboxylic acids is 1. The molecule has 0 aromatic heterocycles. The molecule has 0 spiro atoms. The van der Waals surface area contributed by atoms with Crippen LogP contribution in [0.5, 0.6) is 0 Å². The normalized spacial score (nSPS) is 12.9. The van der Waals surface area contributed by atoms with Crippen molar-refractivity contribution in [2.45, 2.75) is 45.4 Å². The number of carbonyl (C=O) groups excluding carboxylic acids is 2. The average Bonchev–Trinajstić information content (AvgIpc) is 2.63. The highest BCUT2D eigenvalue weighted by Gasteiger charge is 2.27. The number of hydrogen-bond acceptors (Lipinski definition) is 5. The fourth-order valence-electron chi connectivity index (χ4n) is 2.38. The van der Waals surface area contributed by atoms with Crippen LogP contribution in [0.15, 0.2) is 30.3 Å². The van der Waals surface area contributed by atoms with Gasteiger partial charge in [-0.1, -0.05) is 44.2 Å². The molecule has 0 fully saturated rings. The summed E-state index contributed by atoms with van der Waals surface area (Å²) in [5.74, 6) is -0.871. The van der Waals surface area contributed by atoms with Crippen molar-refractivity contribution in [3.8, 4) is 0 Å². The summed E-state index contributed by atoms with van der Waals surface area (Å²) >= 11 is 1.50. The van der Waals surface area contributed by atoms with Gasteiger partial charge in [-0.25, -0.2) is 9.59 Å². The first-order valence-electron chi connectivity index (χ1n) is 8.82. The fraction of sp³-hybridized carbons (Fsp3) is 0.526. The Morgan fingerprint density at radius 3 is 2.33 bits per heavy atom. The van der Waals surface area contributed by atoms with E-state index in [2.05, 4.69) is 10.6 Å². The minimum absolute atomic E-state index is 0.0914. The Morgan fingerprint density at radius 2 is 1.78 bits per heavy atom. The Bertz CT molecular complexity index is 609. The lowest BCUT2D eigenvalue weighted by Gasteiger charge is -2.22. The topological polar surface area (TPSA) is 105 Å². The second-order valence-corrected chi connectivity index (χ2v) is 7.55. The van der Waals surface area contributed by atoms with Crippen LogP contribution in [-0.2, 0) is 20.9 Å². The van der Waals surface area contributed by atoms with Gasteiger partial charge >= 0.3 is 12.1 Å². The van der Waals surface area contributed by atoms with Crippen molar-refractivity contribution in [3.05, 3.63) is 35.9 Å². The van der Waals surface area contributed by atoms with E-state index in [1.54, 1.807) is 0 Å². The number of ether oxygens (including phenoxy) is 1. The van der Waals surface area contributed by atoms with Gasteiger partial charge in [-0.05, 0) is 36.3 Å². The molecule has 2 amide bonds. The van der Waals surface area contributed by atoms with Crippen molar-refractivity contribution in [3.63, 3.8) is 0 Å². The molecular formula is C19H28N2O5S. The van der Waals surface area contributed by atoms with Crippen LogP contribution in [-0.4, -0.2) is 47.2 Å². The van der Waals surface area contributed by atoms with Gasteiger partial charge in [0, 0.05) is 0 Å². The summed E-state index contributed by atoms with van der Waals surface area (Å²) in [6.45, 7) is 3.92. The molecule has 3 N–H and O–H groups in total. The van der Waals surface area contributed by atoms with Gasteiger partial charge in [-0.3, -0.25) is 4.79 Å². The van der Waals surface area contributed by atoms with E-state index < -0.39 is 30.1 Å². The lowest BCUT2D eigenvalue weighted by Crippen LogP contribution is -2.52. The lowest BCUT2D eigenvalue weighted by atomic mass is 10.0. The SMILES string of the molecule is CSCC[C@@H](NC(=O)[C@@H](CC(C)C)NC(=O)OCc1ccccc1)C(=O)O. The van der Waals surface area contributed by atoms with Crippen LogP contribution in [0.25, 0.3) is 0 Å². The molecule has 0 saturated carbocycles. The minimum atomic E-state index is -1.09. The van der Waals surface area contributed by atoms with Crippen LogP contribution < -0.4 is 10.6 Å². The Hall–Kier alpha value is -2.22. The molecule has 0 unspecified atom stereocenters. The maximum absolute atomic E-state index is 12.5. The molecule has 27 heavy (non-hydrogen) atoms. The van der Waals surface area contributed by atoms with Crippen LogP contribution in [0.3, 0.4) is 0 Å². The van der Waals surface area contributed by atoms with E-state index >= 15 is 0 Å². The Morgan fingerprint density at radius 1 is 1.11 bits per heavy atom. The number of hydrogen-bond donors (Lipinski definition) is 3. The monoisotopic (exact) mass is 396 g/mol. The number of carbonyl (C=O) groups is 3. The first-order chi connectivity index (χ1) is 12.8. The maximum atomic E-state index is 12.5. The largest absolute Gasteiger partial charge is 0.480 e. The highest BCUT2D eigenvalue weighted by atomic mass is 32.2. The van der Waals surface area contributed by atoms with E-state index in [0.29, 0.717) is 18.6 Å². The van der Waals surface area contributed by atoms with Gasteiger partial charge in [0.2, 0.25) is 5.91 Å². The molecule has 0 radical (unpaired) electrons. The third-order valence-corrected chi connectivity index (χ3v) is 4.40. The molecule has 0 heterocycles. The van der Waals surface area contributed by atoms with E-state index in [9.17, 15) is 19.5 Å². The Kier molecular flexibility index (Phi) is 10.3. The first-order valence-corrected chi connectivity index (χ1v) is 10.2. The van der Waals surface area contributed by atoms with Crippen LogP contribution in [0.4, 0.5) is 4.79 Å². The summed E-state index contributed by atoms with van der Waals surface area (Å²) in [5.41, 5.74) is 0.834. The molecule has 0 aliphatic heterocycles. The number of aliphatic carboxylic acids is 1. The third kappa shape index (κ3) is 9.33. The molecule has 2 atom stereocenters. The van der Waals surface area contributed by atoms with Crippen LogP contribution in [0, 0.1) is 5.92 Å². The Labute approximate surface area is 164 Å². The predicted molar refractivity (Wildman–Crippen MR) is 106 cm³/mol. The van der Waals surface area contributed by atoms with Crippen LogP contribution >= 0.6 is 11.8 Å². The van der Waals surface area contributed by atoms with E-state index in [1.807, 2.05) is 50.4 Å². The second kappa shape index (κ2) is 12.2. The molecule has 1 rings (SSSR count). The molecule has 1 aromatic carbocycles. The smallest absolute Gasteiger partial charge is 0.408 e. The standard InChI is InChI=1S/C19H28N2O5S/c1-13(2)11-16(17(22)20-15(18(23)24)9-10-27-3)21-19(25)26-12-14-7-5-4-6-8-14/h4-8,13,15-16H,9-12H2,1-3H3,(H,20,22)(H,21,25)(H,23,24)/t15-,16-/m1/s1. The Balaban J connectivity index is 2.65. The summed E-state index contributed by atoms with van der Waals surface area (Å²) in [6, 6.07) is 7.36. The van der Waals surface area contributed by atoms with Gasteiger partial charge in [-0.2, -0.15) is 11.8 Å². The molecule has 8 heteroatoms. The van der Waals surface area contributed by atoms with Crippen molar-refractivity contribution in [2.75, 3.05) is 12.0 Å². The summed E-state index contributed by atoms with van der Waals surface area (Å²) in [5, 5.41) is 14.3. The molecule has 0 aliphatic rings. The number of rotatable bonds is 11. The van der Waals surface area contributed by atoms with Crippen molar-refractivity contribution in [2.24, 2.45) is 5.92 Å². The van der Waals surface area contributed by atoms with Crippen LogP contribution in [0.1, 0.15) is 32.3 Å². The van der Waals surface area contributed by atoms with Crippen LogP contribution in [0.2, 0.25) is 0 Å². The number of alkyl carbamates (subject to hydrolysis) is 1. The van der Waals surface area contributed by atoms with Crippen molar-refractivity contribution < 1.29 is 24.2 Å². The number of nitrogens with one attached hydrogen (secondary N) is 2. The van der Waals surface area contributed by atoms with E-state index in [1.165, 1.54) is 11.8 Å². The summed E-state index contributed by atoms with van der Waals surface area (Å²) in [4.78, 5) is 35.9. The van der Waals surface area contributed by atoms with Gasteiger partial charge in [0.1, 0.15) is 18.7 Å². The number of carboxylic acid groups (broad SMARTS) is 1. The van der Waals surface area contributed by atoms with Gasteiger partial charge in [0.05, 0.1) is 0 Å². The van der Waals surface area contributed by atoms with Gasteiger partial charge in [-0.15, -0.1) is 0 Å². The quantitative estimate of drug-likeness (QED) is 0.531. The highest BCUT2D eigenvalue weighted by Crippen LogP contribution is 2.08. The first kappa shape index (κ1) is 22.8. The molecule has 150 valence electrons. The lowest BCUT2D eigenvalue weighted by molar-refractivity contribution is -0.142. The zero-order valence-electron chi connectivity index (χ0n) is 15.9. The van der Waals surface area contributed by atoms with Crippen molar-refractivity contribution in [1.82, 2.24) is 10.6 Å². The number of benzene rings is 1. The molecule has 7 nitrogen and oxygen atoms in total. The summed E-state index contributed by atoms with van der Waals surface area (Å²) in [6.07, 6.45) is 1.85. The molecule has 0 saturated heterocycles. The van der Waals surface area contributed by atoms with Gasteiger partial charge in [0.15, 0.2) is 0 Å². The highest BCUT2D eigenvalue weighted by molar-refractivity contribution is 7.98. The van der Waals surface area contributed by atoms with E-state index in [-0.39, 0.29) is 12.5 Å². The fourth-order valence-corrected chi connectivity index (χ4v) is 2.85. The van der Waals surface area contributed by atoms with Gasteiger partial charge < -0.3 is 20.5 Å². The van der Waals surface area contributed by atoms with Gasteiger partial charge in [0.25, 0.3) is 0 Å². The summed E-state index contributed by atoms with van der Waals surface area (Å²) in [7, 11) is 0. The van der Waals surface area contributed by atoms with E-state index in [4.69, 9.17) is 4.74 Å². The zero-order valence-corrected chi connectivity index (χ0v) is 16.8. The molecular weight excluding hydrogens is 368 g/mol. The van der Waals surface area contributed by atoms with E-state index in [0.717, 1.165) is 5.56 Å². The molecule has 0 bridgehead atoms. The second-order valence-electron chi connectivity index (χ2n) is 6.57. The predicted octanol–water partition coefficient (Wildman–Crippen LogP) is 2.65. The average molecular weight is 397 g/mol. The zero-order chi connectivity index (χ0) is 20.2. The maximum Gasteiger partial charge on any atom is 0.408 e. The third-order valence-electron chi connectivity index (χ3n) is 3.75. The number of thioether (sulfide) groups is 1.